The zero-order valence-electron chi connectivity index (χ0n) is 12.5. The summed E-state index contributed by atoms with van der Waals surface area (Å²) in [6.07, 6.45) is 2.00. The number of amides is 1. The van der Waals surface area contributed by atoms with Gasteiger partial charge in [0.25, 0.3) is 0 Å². The van der Waals surface area contributed by atoms with Gasteiger partial charge in [-0.1, -0.05) is 6.92 Å². The van der Waals surface area contributed by atoms with Crippen LogP contribution in [0.15, 0.2) is 0 Å². The summed E-state index contributed by atoms with van der Waals surface area (Å²) in [7, 11) is 0. The van der Waals surface area contributed by atoms with Gasteiger partial charge in [0, 0.05) is 19.1 Å². The first kappa shape index (κ1) is 16.4. The Labute approximate surface area is 116 Å². The molecule has 0 aromatic rings. The third-order valence-corrected chi connectivity index (χ3v) is 3.88. The molecule has 19 heavy (non-hydrogen) atoms. The fourth-order valence-electron chi connectivity index (χ4n) is 2.53. The fourth-order valence-corrected chi connectivity index (χ4v) is 2.53. The predicted molar refractivity (Wildman–Crippen MR) is 76.7 cm³/mol. The van der Waals surface area contributed by atoms with E-state index in [0.29, 0.717) is 13.1 Å². The van der Waals surface area contributed by atoms with Crippen LogP contribution in [0.3, 0.4) is 0 Å². The number of carbonyl (C=O) groups excluding carboxylic acids is 1. The van der Waals surface area contributed by atoms with Gasteiger partial charge in [0.1, 0.15) is 0 Å². The van der Waals surface area contributed by atoms with E-state index >= 15 is 0 Å². The highest BCUT2D eigenvalue weighted by atomic mass is 16.3. The third-order valence-electron chi connectivity index (χ3n) is 3.88. The van der Waals surface area contributed by atoms with Crippen molar-refractivity contribution in [1.29, 1.82) is 0 Å². The van der Waals surface area contributed by atoms with Gasteiger partial charge in [-0.3, -0.25) is 9.69 Å². The average Bonchev–Trinajstić information content (AvgIpc) is 2.30. The van der Waals surface area contributed by atoms with Gasteiger partial charge >= 0.3 is 0 Å². The van der Waals surface area contributed by atoms with E-state index < -0.39 is 6.10 Å². The highest BCUT2D eigenvalue weighted by Crippen LogP contribution is 2.16. The third kappa shape index (κ3) is 6.36. The Hall–Kier alpha value is -0.650. The summed E-state index contributed by atoms with van der Waals surface area (Å²) in [5, 5.41) is 10.2. The van der Waals surface area contributed by atoms with Crippen molar-refractivity contribution in [1.82, 2.24) is 9.80 Å². The normalized spacial score (nSPS) is 20.1. The molecule has 1 saturated heterocycles. The molecule has 1 unspecified atom stereocenters. The van der Waals surface area contributed by atoms with Crippen LogP contribution in [0.4, 0.5) is 0 Å². The van der Waals surface area contributed by atoms with E-state index in [4.69, 9.17) is 5.73 Å². The van der Waals surface area contributed by atoms with Crippen molar-refractivity contribution in [3.63, 3.8) is 0 Å². The zero-order valence-corrected chi connectivity index (χ0v) is 12.5. The SMILES string of the molecule is CC1CCN(CC(O)CN(CC(N)=O)C(C)C)CC1. The van der Waals surface area contributed by atoms with Crippen molar-refractivity contribution in [2.75, 3.05) is 32.7 Å². The lowest BCUT2D eigenvalue weighted by molar-refractivity contribution is -0.120. The highest BCUT2D eigenvalue weighted by molar-refractivity contribution is 5.75. The van der Waals surface area contributed by atoms with Gasteiger partial charge in [-0.05, 0) is 45.7 Å². The molecule has 112 valence electrons. The summed E-state index contributed by atoms with van der Waals surface area (Å²) in [6, 6.07) is 0.212. The minimum absolute atomic E-state index is 0.212. The van der Waals surface area contributed by atoms with E-state index in [2.05, 4.69) is 11.8 Å². The van der Waals surface area contributed by atoms with Crippen LogP contribution in [0, 0.1) is 5.92 Å². The van der Waals surface area contributed by atoms with E-state index in [0.717, 1.165) is 19.0 Å². The Morgan fingerprint density at radius 1 is 1.42 bits per heavy atom. The second-order valence-corrected chi connectivity index (χ2v) is 6.13. The molecule has 1 amide bonds. The maximum Gasteiger partial charge on any atom is 0.231 e. The van der Waals surface area contributed by atoms with Crippen LogP contribution in [0.25, 0.3) is 0 Å². The molecule has 1 atom stereocenters. The molecule has 1 heterocycles. The number of rotatable bonds is 7. The molecule has 0 aromatic heterocycles. The second kappa shape index (κ2) is 7.82. The number of β-amino-alcohol motifs (C(OH)–C–C–N with tert-alkyl or cyclic N) is 1. The predicted octanol–water partition coefficient (Wildman–Crippen LogP) is 0.275. The molecule has 0 spiro atoms. The van der Waals surface area contributed by atoms with Crippen LogP contribution in [-0.4, -0.2) is 65.7 Å². The van der Waals surface area contributed by atoms with E-state index in [1.165, 1.54) is 12.8 Å². The van der Waals surface area contributed by atoms with Crippen LogP contribution in [0.2, 0.25) is 0 Å². The minimum atomic E-state index is -0.421. The lowest BCUT2D eigenvalue weighted by atomic mass is 9.99. The maximum absolute atomic E-state index is 11.0. The maximum atomic E-state index is 11.0. The van der Waals surface area contributed by atoms with Crippen LogP contribution in [0.1, 0.15) is 33.6 Å². The molecule has 1 aliphatic rings. The first-order valence-corrected chi connectivity index (χ1v) is 7.31. The van der Waals surface area contributed by atoms with E-state index in [9.17, 15) is 9.90 Å². The van der Waals surface area contributed by atoms with Crippen LogP contribution in [0.5, 0.6) is 0 Å². The molecule has 5 nitrogen and oxygen atoms in total. The number of nitrogens with zero attached hydrogens (tertiary/aromatic N) is 2. The van der Waals surface area contributed by atoms with Gasteiger partial charge < -0.3 is 15.7 Å². The number of piperidine rings is 1. The van der Waals surface area contributed by atoms with E-state index in [1.54, 1.807) is 0 Å². The van der Waals surface area contributed by atoms with E-state index in [-0.39, 0.29) is 18.5 Å². The molecule has 3 N–H and O–H groups in total. The second-order valence-electron chi connectivity index (χ2n) is 6.13. The molecule has 0 aliphatic carbocycles. The van der Waals surface area contributed by atoms with Gasteiger partial charge in [0.15, 0.2) is 0 Å². The number of carbonyl (C=O) groups is 1. The van der Waals surface area contributed by atoms with Gasteiger partial charge in [-0.2, -0.15) is 0 Å². The molecule has 1 fully saturated rings. The Balaban J connectivity index is 2.35. The quantitative estimate of drug-likeness (QED) is 0.697. The molecule has 0 bridgehead atoms. The lowest BCUT2D eigenvalue weighted by Gasteiger charge is -2.34. The number of aliphatic hydroxyl groups is 1. The molecular formula is C14H29N3O2. The minimum Gasteiger partial charge on any atom is -0.390 e. The molecule has 0 radical (unpaired) electrons. The fraction of sp³-hybridized carbons (Fsp3) is 0.929. The van der Waals surface area contributed by atoms with Gasteiger partial charge in [0.2, 0.25) is 5.91 Å². The Morgan fingerprint density at radius 3 is 2.47 bits per heavy atom. The van der Waals surface area contributed by atoms with Crippen molar-refractivity contribution in [2.24, 2.45) is 11.7 Å². The molecule has 1 rings (SSSR count). The van der Waals surface area contributed by atoms with Crippen molar-refractivity contribution in [2.45, 2.75) is 45.8 Å². The van der Waals surface area contributed by atoms with Gasteiger partial charge in [-0.25, -0.2) is 0 Å². The lowest BCUT2D eigenvalue weighted by Crippen LogP contribution is -2.47. The number of likely N-dealkylation sites (tertiary alicyclic amines) is 1. The molecule has 5 heteroatoms. The first-order valence-electron chi connectivity index (χ1n) is 7.31. The van der Waals surface area contributed by atoms with Crippen molar-refractivity contribution in [3.05, 3.63) is 0 Å². The van der Waals surface area contributed by atoms with Crippen molar-refractivity contribution in [3.8, 4) is 0 Å². The number of primary amides is 1. The van der Waals surface area contributed by atoms with Crippen LogP contribution >= 0.6 is 0 Å². The number of hydrogen-bond acceptors (Lipinski definition) is 4. The highest BCUT2D eigenvalue weighted by Gasteiger charge is 2.21. The standard InChI is InChI=1S/C14H29N3O2/c1-11(2)17(10-14(15)19)9-13(18)8-16-6-4-12(3)5-7-16/h11-13,18H,4-10H2,1-3H3,(H2,15,19). The summed E-state index contributed by atoms with van der Waals surface area (Å²) in [5.74, 6) is 0.461. The molecule has 0 saturated carbocycles. The first-order chi connectivity index (χ1) is 8.88. The van der Waals surface area contributed by atoms with Gasteiger partial charge in [-0.15, -0.1) is 0 Å². The van der Waals surface area contributed by atoms with Gasteiger partial charge in [0.05, 0.1) is 12.6 Å². The summed E-state index contributed by atoms with van der Waals surface area (Å²) in [5.41, 5.74) is 5.23. The number of hydrogen-bond donors (Lipinski definition) is 2. The largest absolute Gasteiger partial charge is 0.390 e. The molecular weight excluding hydrogens is 242 g/mol. The molecule has 1 aliphatic heterocycles. The monoisotopic (exact) mass is 271 g/mol. The number of aliphatic hydroxyl groups excluding tert-OH is 1. The smallest absolute Gasteiger partial charge is 0.231 e. The van der Waals surface area contributed by atoms with Crippen molar-refractivity contribution < 1.29 is 9.90 Å². The van der Waals surface area contributed by atoms with Crippen LogP contribution in [-0.2, 0) is 4.79 Å². The topological polar surface area (TPSA) is 69.8 Å². The summed E-state index contributed by atoms with van der Waals surface area (Å²) < 4.78 is 0. The number of nitrogens with two attached hydrogens (primary N) is 1. The van der Waals surface area contributed by atoms with E-state index in [1.807, 2.05) is 18.7 Å². The summed E-state index contributed by atoms with van der Waals surface area (Å²) in [6.45, 7) is 9.84. The van der Waals surface area contributed by atoms with Crippen LogP contribution < -0.4 is 5.73 Å². The summed E-state index contributed by atoms with van der Waals surface area (Å²) >= 11 is 0. The average molecular weight is 271 g/mol. The Kier molecular flexibility index (Phi) is 6.75. The Morgan fingerprint density at radius 2 is 2.00 bits per heavy atom. The Bertz CT molecular complexity index is 276. The summed E-state index contributed by atoms with van der Waals surface area (Å²) in [4.78, 5) is 15.3. The van der Waals surface area contributed by atoms with Crippen molar-refractivity contribution >= 4 is 5.91 Å². The zero-order chi connectivity index (χ0) is 14.4. The molecule has 0 aromatic carbocycles.